The molecule has 26 heavy (non-hydrogen) atoms. The summed E-state index contributed by atoms with van der Waals surface area (Å²) in [6.07, 6.45) is -0.0311. The lowest BCUT2D eigenvalue weighted by Crippen LogP contribution is -2.85. The van der Waals surface area contributed by atoms with E-state index in [0.717, 1.165) is 29.0 Å². The van der Waals surface area contributed by atoms with E-state index in [1.165, 1.54) is 0 Å². The number of para-hydroxylation sites is 2. The Labute approximate surface area is 150 Å². The van der Waals surface area contributed by atoms with Gasteiger partial charge in [0.1, 0.15) is 31.0 Å². The number of hydrogen-bond acceptors (Lipinski definition) is 5. The van der Waals surface area contributed by atoms with E-state index < -0.39 is 0 Å². The van der Waals surface area contributed by atoms with Gasteiger partial charge in [0.15, 0.2) is 17.6 Å². The number of nitrogens with two attached hydrogens (primary N) is 1. The summed E-state index contributed by atoms with van der Waals surface area (Å²) < 4.78 is 22.2. The SMILES string of the molecule is COc1ccc2c(C[NH2+]C[C@H]3COc4ccccc4O3)cc(=O)oc2c1. The van der Waals surface area contributed by atoms with Crippen LogP contribution in [-0.4, -0.2) is 26.4 Å². The number of ether oxygens (including phenoxy) is 3. The van der Waals surface area contributed by atoms with Gasteiger partial charge in [0.2, 0.25) is 0 Å². The molecule has 4 rings (SSSR count). The Morgan fingerprint density at radius 2 is 2.00 bits per heavy atom. The van der Waals surface area contributed by atoms with Crippen molar-refractivity contribution in [3.63, 3.8) is 0 Å². The molecule has 0 spiro atoms. The van der Waals surface area contributed by atoms with Crippen LogP contribution in [0.15, 0.2) is 57.7 Å². The summed E-state index contributed by atoms with van der Waals surface area (Å²) >= 11 is 0. The third-order valence-corrected chi connectivity index (χ3v) is 4.40. The first kappa shape index (κ1) is 16.5. The van der Waals surface area contributed by atoms with Crippen molar-refractivity contribution >= 4 is 11.0 Å². The van der Waals surface area contributed by atoms with Gasteiger partial charge in [-0.25, -0.2) is 4.79 Å². The molecule has 6 heteroatoms. The first-order valence-corrected chi connectivity index (χ1v) is 8.54. The number of fused-ring (bicyclic) bond motifs is 2. The second-order valence-electron chi connectivity index (χ2n) is 6.18. The molecule has 0 saturated heterocycles. The molecule has 0 saturated carbocycles. The third kappa shape index (κ3) is 3.36. The minimum Gasteiger partial charge on any atom is -0.497 e. The van der Waals surface area contributed by atoms with Crippen LogP contribution in [0.5, 0.6) is 17.2 Å². The minimum absolute atomic E-state index is 0.0311. The van der Waals surface area contributed by atoms with Gasteiger partial charge in [0.25, 0.3) is 0 Å². The normalized spacial score (nSPS) is 15.8. The highest BCUT2D eigenvalue weighted by atomic mass is 16.6. The molecule has 2 aromatic carbocycles. The highest BCUT2D eigenvalue weighted by Crippen LogP contribution is 2.30. The minimum atomic E-state index is -0.361. The molecule has 0 aliphatic carbocycles. The van der Waals surface area contributed by atoms with Gasteiger partial charge >= 0.3 is 5.63 Å². The molecule has 3 aromatic rings. The molecule has 2 heterocycles. The maximum absolute atomic E-state index is 11.8. The van der Waals surface area contributed by atoms with E-state index in [4.69, 9.17) is 18.6 Å². The number of benzene rings is 2. The van der Waals surface area contributed by atoms with E-state index in [1.54, 1.807) is 19.2 Å². The summed E-state index contributed by atoms with van der Waals surface area (Å²) in [6.45, 7) is 1.89. The van der Waals surface area contributed by atoms with Crippen LogP contribution in [0.3, 0.4) is 0 Å². The van der Waals surface area contributed by atoms with Crippen molar-refractivity contribution in [2.45, 2.75) is 12.6 Å². The second kappa shape index (κ2) is 7.09. The van der Waals surface area contributed by atoms with E-state index in [9.17, 15) is 4.79 Å². The van der Waals surface area contributed by atoms with Gasteiger partial charge in [0.05, 0.1) is 7.11 Å². The van der Waals surface area contributed by atoms with Gasteiger partial charge < -0.3 is 23.9 Å². The fraction of sp³-hybridized carbons (Fsp3) is 0.250. The zero-order valence-electron chi connectivity index (χ0n) is 14.4. The van der Waals surface area contributed by atoms with Gasteiger partial charge in [-0.3, -0.25) is 0 Å². The summed E-state index contributed by atoms with van der Waals surface area (Å²) in [7, 11) is 1.58. The molecule has 0 radical (unpaired) electrons. The Kier molecular flexibility index (Phi) is 4.50. The second-order valence-corrected chi connectivity index (χ2v) is 6.18. The lowest BCUT2D eigenvalue weighted by atomic mass is 10.1. The van der Waals surface area contributed by atoms with E-state index >= 15 is 0 Å². The molecule has 1 aliphatic heterocycles. The lowest BCUT2D eigenvalue weighted by Gasteiger charge is -2.25. The fourth-order valence-corrected chi connectivity index (χ4v) is 3.11. The van der Waals surface area contributed by atoms with E-state index in [2.05, 4.69) is 5.32 Å². The summed E-state index contributed by atoms with van der Waals surface area (Å²) in [5, 5.41) is 3.02. The van der Waals surface area contributed by atoms with Crippen LogP contribution in [0.4, 0.5) is 0 Å². The van der Waals surface area contributed by atoms with Crippen molar-refractivity contribution in [1.82, 2.24) is 0 Å². The monoisotopic (exact) mass is 354 g/mol. The Bertz CT molecular complexity index is 981. The van der Waals surface area contributed by atoms with Crippen LogP contribution in [0, 0.1) is 0 Å². The van der Waals surface area contributed by atoms with Gasteiger partial charge in [0, 0.05) is 23.1 Å². The topological polar surface area (TPSA) is 74.5 Å². The van der Waals surface area contributed by atoms with Crippen LogP contribution in [0.1, 0.15) is 5.56 Å². The van der Waals surface area contributed by atoms with Crippen molar-refractivity contribution in [2.75, 3.05) is 20.3 Å². The summed E-state index contributed by atoms with van der Waals surface area (Å²) in [4.78, 5) is 11.8. The first-order chi connectivity index (χ1) is 12.7. The highest BCUT2D eigenvalue weighted by Gasteiger charge is 2.22. The zero-order valence-corrected chi connectivity index (χ0v) is 14.4. The van der Waals surface area contributed by atoms with E-state index in [1.807, 2.05) is 36.4 Å². The van der Waals surface area contributed by atoms with Crippen molar-refractivity contribution in [2.24, 2.45) is 0 Å². The molecule has 0 fully saturated rings. The molecule has 0 amide bonds. The van der Waals surface area contributed by atoms with Gasteiger partial charge in [-0.1, -0.05) is 12.1 Å². The van der Waals surface area contributed by atoms with E-state index in [-0.39, 0.29) is 11.7 Å². The molecule has 6 nitrogen and oxygen atoms in total. The predicted octanol–water partition coefficient (Wildman–Crippen LogP) is 1.71. The number of quaternary nitrogens is 1. The summed E-state index contributed by atoms with van der Waals surface area (Å²) in [5.41, 5.74) is 1.10. The molecule has 0 unspecified atom stereocenters. The van der Waals surface area contributed by atoms with Gasteiger partial charge in [-0.2, -0.15) is 0 Å². The largest absolute Gasteiger partial charge is 0.497 e. The van der Waals surface area contributed by atoms with Crippen LogP contribution in [0.25, 0.3) is 11.0 Å². The predicted molar refractivity (Wildman–Crippen MR) is 95.9 cm³/mol. The molecular weight excluding hydrogens is 334 g/mol. The number of rotatable bonds is 5. The maximum Gasteiger partial charge on any atom is 0.336 e. The lowest BCUT2D eigenvalue weighted by molar-refractivity contribution is -0.675. The smallest absolute Gasteiger partial charge is 0.336 e. The summed E-state index contributed by atoms with van der Waals surface area (Å²) in [6, 6.07) is 14.7. The maximum atomic E-state index is 11.8. The molecule has 1 atom stereocenters. The van der Waals surface area contributed by atoms with Crippen molar-refractivity contribution < 1.29 is 23.9 Å². The molecule has 1 aliphatic rings. The number of methoxy groups -OCH3 is 1. The Morgan fingerprint density at radius 3 is 2.85 bits per heavy atom. The third-order valence-electron chi connectivity index (χ3n) is 4.40. The Hall–Kier alpha value is -2.99. The molecule has 0 bridgehead atoms. The van der Waals surface area contributed by atoms with Gasteiger partial charge in [-0.05, 0) is 24.3 Å². The van der Waals surface area contributed by atoms with Crippen molar-refractivity contribution in [1.29, 1.82) is 0 Å². The van der Waals surface area contributed by atoms with E-state index in [0.29, 0.717) is 24.5 Å². The number of hydrogen-bond donors (Lipinski definition) is 1. The van der Waals surface area contributed by atoms with Crippen LogP contribution in [0.2, 0.25) is 0 Å². The summed E-state index contributed by atoms with van der Waals surface area (Å²) in [5.74, 6) is 2.22. The fourth-order valence-electron chi connectivity index (χ4n) is 3.11. The molecule has 134 valence electrons. The Balaban J connectivity index is 1.44. The van der Waals surface area contributed by atoms with Crippen LogP contribution in [-0.2, 0) is 6.54 Å². The highest BCUT2D eigenvalue weighted by molar-refractivity contribution is 5.81. The van der Waals surface area contributed by atoms with Gasteiger partial charge in [-0.15, -0.1) is 0 Å². The molecule has 2 N–H and O–H groups in total. The standard InChI is InChI=1S/C20H19NO5/c1-23-14-6-7-16-13(8-20(22)26-19(16)9-14)10-21-11-15-12-24-17-4-2-3-5-18(17)25-15/h2-9,15,21H,10-12H2,1H3/p+1/t15-/m0/s1. The quantitative estimate of drug-likeness (QED) is 0.706. The van der Waals surface area contributed by atoms with Crippen molar-refractivity contribution in [3.05, 3.63) is 64.5 Å². The van der Waals surface area contributed by atoms with Crippen LogP contribution < -0.4 is 25.2 Å². The first-order valence-electron chi connectivity index (χ1n) is 8.54. The Morgan fingerprint density at radius 1 is 1.15 bits per heavy atom. The average molecular weight is 354 g/mol. The van der Waals surface area contributed by atoms with Crippen LogP contribution >= 0.6 is 0 Å². The van der Waals surface area contributed by atoms with Crippen molar-refractivity contribution in [3.8, 4) is 17.2 Å². The molecular formula is C20H20NO5+. The average Bonchev–Trinajstić information content (AvgIpc) is 2.67. The zero-order chi connectivity index (χ0) is 17.9. The molecule has 1 aromatic heterocycles.